The molecule has 3 rings (SSSR count). The Labute approximate surface area is 245 Å². The van der Waals surface area contributed by atoms with Gasteiger partial charge in [0.15, 0.2) is 0 Å². The van der Waals surface area contributed by atoms with Crippen LogP contribution in [0.1, 0.15) is 37.4 Å². The van der Waals surface area contributed by atoms with E-state index in [4.69, 9.17) is 5.26 Å². The Morgan fingerprint density at radius 2 is 1.28 bits per heavy atom. The third-order valence-electron chi connectivity index (χ3n) is 6.23. The lowest BCUT2D eigenvalue weighted by atomic mass is 9.91. The average Bonchev–Trinajstić information content (AvgIpc) is 2.93. The van der Waals surface area contributed by atoms with E-state index in [-0.39, 0.29) is 28.4 Å². The topological polar surface area (TPSA) is 64.4 Å². The van der Waals surface area contributed by atoms with Crippen molar-refractivity contribution < 1.29 is 53.5 Å². The van der Waals surface area contributed by atoms with E-state index < -0.39 is 63.4 Å². The largest absolute Gasteiger partial charge is 0.435 e. The van der Waals surface area contributed by atoms with Crippen molar-refractivity contribution in [3.05, 3.63) is 93.0 Å². The zero-order valence-electron chi connectivity index (χ0n) is 21.6. The number of hydrogen-bond donors (Lipinski definition) is 0. The molecule has 0 spiro atoms. The molecular formula is C27H16BrF10N3O2. The number of hydrogen-bond acceptors (Lipinski definition) is 3. The van der Waals surface area contributed by atoms with Gasteiger partial charge in [-0.05, 0) is 70.5 Å². The lowest BCUT2D eigenvalue weighted by molar-refractivity contribution is -0.348. The van der Waals surface area contributed by atoms with Gasteiger partial charge in [-0.3, -0.25) is 9.59 Å². The van der Waals surface area contributed by atoms with Crippen molar-refractivity contribution >= 4 is 39.1 Å². The van der Waals surface area contributed by atoms with Crippen LogP contribution in [0.2, 0.25) is 0 Å². The molecule has 0 saturated heterocycles. The first kappa shape index (κ1) is 33.4. The fourth-order valence-corrected chi connectivity index (χ4v) is 4.71. The van der Waals surface area contributed by atoms with Crippen LogP contribution >= 0.6 is 15.9 Å². The van der Waals surface area contributed by atoms with Gasteiger partial charge in [-0.1, -0.05) is 6.07 Å². The number of nitriles is 1. The molecule has 2 amide bonds. The fourth-order valence-electron chi connectivity index (χ4n) is 3.98. The first-order valence-electron chi connectivity index (χ1n) is 11.5. The predicted molar refractivity (Wildman–Crippen MR) is 137 cm³/mol. The van der Waals surface area contributed by atoms with Gasteiger partial charge in [0, 0.05) is 40.9 Å². The van der Waals surface area contributed by atoms with Crippen LogP contribution in [0, 0.1) is 11.3 Å². The third kappa shape index (κ3) is 6.31. The zero-order chi connectivity index (χ0) is 32.7. The van der Waals surface area contributed by atoms with Crippen molar-refractivity contribution in [1.82, 2.24) is 0 Å². The number of carbonyl (C=O) groups is 2. The molecule has 0 fully saturated rings. The number of halogens is 11. The van der Waals surface area contributed by atoms with Gasteiger partial charge >= 0.3 is 24.2 Å². The Morgan fingerprint density at radius 3 is 1.77 bits per heavy atom. The van der Waals surface area contributed by atoms with Crippen LogP contribution in [0.25, 0.3) is 0 Å². The minimum absolute atomic E-state index is 0.0802. The number of rotatable bonds is 5. The highest BCUT2D eigenvalue weighted by molar-refractivity contribution is 9.10. The summed E-state index contributed by atoms with van der Waals surface area (Å²) < 4.78 is 135. The first-order valence-corrected chi connectivity index (χ1v) is 12.3. The Bertz CT molecular complexity index is 1580. The van der Waals surface area contributed by atoms with Crippen molar-refractivity contribution in [3.63, 3.8) is 0 Å². The van der Waals surface area contributed by atoms with Gasteiger partial charge in [0.25, 0.3) is 11.8 Å². The normalized spacial score (nSPS) is 12.5. The van der Waals surface area contributed by atoms with Gasteiger partial charge < -0.3 is 9.80 Å². The van der Waals surface area contributed by atoms with Crippen LogP contribution in [-0.4, -0.2) is 38.3 Å². The molecule has 16 heteroatoms. The second-order valence-electron chi connectivity index (χ2n) is 8.97. The van der Waals surface area contributed by atoms with Crippen LogP contribution in [0.3, 0.4) is 0 Å². The van der Waals surface area contributed by atoms with E-state index in [0.717, 1.165) is 24.1 Å². The first-order chi connectivity index (χ1) is 19.6. The number of anilines is 2. The molecule has 0 saturated carbocycles. The summed E-state index contributed by atoms with van der Waals surface area (Å²) in [5.41, 5.74) is -11.7. The average molecular weight is 684 g/mol. The Morgan fingerprint density at radius 1 is 0.744 bits per heavy atom. The molecule has 0 atom stereocenters. The molecule has 3 aromatic rings. The summed E-state index contributed by atoms with van der Waals surface area (Å²) in [5.74, 6) is -1.80. The molecule has 0 unspecified atom stereocenters. The van der Waals surface area contributed by atoms with Gasteiger partial charge in [0.2, 0.25) is 0 Å². The van der Waals surface area contributed by atoms with E-state index >= 15 is 0 Å². The van der Waals surface area contributed by atoms with Crippen LogP contribution < -0.4 is 9.80 Å². The summed E-state index contributed by atoms with van der Waals surface area (Å²) in [4.78, 5) is 27.5. The van der Waals surface area contributed by atoms with Gasteiger partial charge in [0.1, 0.15) is 0 Å². The maximum atomic E-state index is 14.6. The highest BCUT2D eigenvalue weighted by atomic mass is 79.9. The number of benzene rings is 3. The van der Waals surface area contributed by atoms with E-state index in [0.29, 0.717) is 4.90 Å². The van der Waals surface area contributed by atoms with Crippen molar-refractivity contribution in [2.45, 2.75) is 24.2 Å². The molecule has 0 aliphatic rings. The van der Waals surface area contributed by atoms with Crippen LogP contribution in [-0.2, 0) is 11.8 Å². The summed E-state index contributed by atoms with van der Waals surface area (Å²) >= 11 is 2.48. The highest BCUT2D eigenvalue weighted by Gasteiger charge is 2.73. The summed E-state index contributed by atoms with van der Waals surface area (Å²) in [6.07, 6.45) is -19.0. The van der Waals surface area contributed by atoms with Crippen molar-refractivity contribution in [2.75, 3.05) is 23.9 Å². The number of alkyl halides is 10. The van der Waals surface area contributed by atoms with Gasteiger partial charge in [-0.2, -0.15) is 44.8 Å². The fraction of sp³-hybridized carbons (Fsp3) is 0.222. The Kier molecular flexibility index (Phi) is 8.94. The molecule has 0 aliphatic heterocycles. The minimum Gasteiger partial charge on any atom is -0.311 e. The lowest BCUT2D eigenvalue weighted by Gasteiger charge is -2.32. The molecule has 0 heterocycles. The molecule has 0 bridgehead atoms. The second-order valence-corrected chi connectivity index (χ2v) is 9.83. The van der Waals surface area contributed by atoms with E-state index in [1.54, 1.807) is 0 Å². The molecule has 228 valence electrons. The van der Waals surface area contributed by atoms with Crippen LogP contribution in [0.15, 0.2) is 65.1 Å². The molecular weight excluding hydrogens is 668 g/mol. The zero-order valence-corrected chi connectivity index (χ0v) is 23.2. The van der Waals surface area contributed by atoms with E-state index in [2.05, 4.69) is 15.9 Å². The molecule has 0 N–H and O–H groups in total. The van der Waals surface area contributed by atoms with Crippen molar-refractivity contribution in [2.24, 2.45) is 0 Å². The standard InChI is InChI=1S/C27H16BrF10N3O2/c1-40(22(42)15-8-6-14(13-39)7-9-15)18-5-3-4-16(10-18)23(43)41(2)21-19(25(30,31)32)11-17(12-20(21)28)24(29,26(33,34)35)27(36,37)38/h3-12H,1-2H3. The molecule has 0 radical (unpaired) electrons. The van der Waals surface area contributed by atoms with Crippen LogP contribution in [0.4, 0.5) is 55.3 Å². The molecule has 43 heavy (non-hydrogen) atoms. The number of nitrogens with zero attached hydrogens (tertiary/aromatic N) is 3. The maximum absolute atomic E-state index is 14.6. The van der Waals surface area contributed by atoms with Crippen LogP contribution in [0.5, 0.6) is 0 Å². The van der Waals surface area contributed by atoms with Gasteiger partial charge in [-0.25, -0.2) is 4.39 Å². The summed E-state index contributed by atoms with van der Waals surface area (Å²) in [6.45, 7) is 0. The minimum atomic E-state index is -6.68. The highest BCUT2D eigenvalue weighted by Crippen LogP contribution is 2.55. The predicted octanol–water partition coefficient (Wildman–Crippen LogP) is 8.18. The monoisotopic (exact) mass is 683 g/mol. The van der Waals surface area contributed by atoms with E-state index in [1.807, 2.05) is 6.07 Å². The van der Waals surface area contributed by atoms with Gasteiger partial charge in [-0.15, -0.1) is 0 Å². The van der Waals surface area contributed by atoms with Crippen molar-refractivity contribution in [3.8, 4) is 6.07 Å². The number of carbonyl (C=O) groups excluding carboxylic acids is 2. The van der Waals surface area contributed by atoms with Gasteiger partial charge in [0.05, 0.1) is 22.9 Å². The molecule has 0 aromatic heterocycles. The summed E-state index contributed by atoms with van der Waals surface area (Å²) in [5, 5.41) is 8.90. The molecule has 0 aliphatic carbocycles. The quantitative estimate of drug-likeness (QED) is 0.255. The second kappa shape index (κ2) is 11.5. The number of amides is 2. The SMILES string of the molecule is CN(C(=O)c1ccc(C#N)cc1)c1cccc(C(=O)N(C)c2c(Br)cc(C(F)(C(F)(F)F)C(F)(F)F)cc2C(F)(F)F)c1. The Hall–Kier alpha value is -4.13. The lowest BCUT2D eigenvalue weighted by Crippen LogP contribution is -2.50. The van der Waals surface area contributed by atoms with Crippen molar-refractivity contribution in [1.29, 1.82) is 5.26 Å². The van der Waals surface area contributed by atoms with E-state index in [9.17, 15) is 53.5 Å². The third-order valence-corrected chi connectivity index (χ3v) is 6.84. The molecule has 3 aromatic carbocycles. The van der Waals surface area contributed by atoms with E-state index in [1.165, 1.54) is 43.4 Å². The molecule has 5 nitrogen and oxygen atoms in total. The summed E-state index contributed by atoms with van der Waals surface area (Å²) in [7, 11) is 2.08. The smallest absolute Gasteiger partial charge is 0.311 e. The maximum Gasteiger partial charge on any atom is 0.435 e. The Balaban J connectivity index is 2.07. The summed E-state index contributed by atoms with van der Waals surface area (Å²) in [6, 6.07) is 11.5.